The van der Waals surface area contributed by atoms with E-state index in [1.807, 2.05) is 10.3 Å². The summed E-state index contributed by atoms with van der Waals surface area (Å²) in [5.74, 6) is 0.401. The second kappa shape index (κ2) is 7.23. The minimum absolute atomic E-state index is 0.0301. The van der Waals surface area contributed by atoms with Gasteiger partial charge in [0.25, 0.3) is 5.91 Å². The lowest BCUT2D eigenvalue weighted by Crippen LogP contribution is -2.37. The number of likely N-dealkylation sites (tertiary alicyclic amines) is 1. The minimum Gasteiger partial charge on any atom is -0.375 e. The number of nitrogens with zero attached hydrogens (tertiary/aromatic N) is 3. The highest BCUT2D eigenvalue weighted by atomic mass is 32.1. The van der Waals surface area contributed by atoms with Crippen LogP contribution in [0.3, 0.4) is 0 Å². The van der Waals surface area contributed by atoms with Crippen LogP contribution in [0.5, 0.6) is 0 Å². The molecule has 1 aromatic heterocycles. The van der Waals surface area contributed by atoms with Crippen molar-refractivity contribution in [2.75, 3.05) is 32.8 Å². The minimum atomic E-state index is 0.0301. The van der Waals surface area contributed by atoms with Gasteiger partial charge in [-0.15, -0.1) is 11.3 Å². The molecule has 0 unspecified atom stereocenters. The van der Waals surface area contributed by atoms with Gasteiger partial charge in [0.1, 0.15) is 5.69 Å². The van der Waals surface area contributed by atoms with Crippen molar-refractivity contribution in [3.8, 4) is 0 Å². The predicted octanol–water partition coefficient (Wildman–Crippen LogP) is 2.42. The van der Waals surface area contributed by atoms with Crippen LogP contribution in [0.1, 0.15) is 21.6 Å². The summed E-state index contributed by atoms with van der Waals surface area (Å²) in [7, 11) is 0. The van der Waals surface area contributed by atoms with Crippen LogP contribution in [0.2, 0.25) is 0 Å². The van der Waals surface area contributed by atoms with Crippen molar-refractivity contribution < 1.29 is 9.53 Å². The van der Waals surface area contributed by atoms with Gasteiger partial charge in [0.2, 0.25) is 0 Å². The lowest BCUT2D eigenvalue weighted by atomic mass is 10.1. The normalized spacial score (nSPS) is 24.1. The van der Waals surface area contributed by atoms with Crippen molar-refractivity contribution >= 4 is 17.2 Å². The standard InChI is InChI=1S/C19H23N3O2S/c1-14-2-4-15(5-3-14)8-21-9-16-10-22(6-7-24-18(16)11-21)19(23)17-12-25-13-20-17/h2-5,12-13,16,18H,6-11H2,1H3/t16-,18-/m0/s1. The first-order valence-electron chi connectivity index (χ1n) is 8.76. The van der Waals surface area contributed by atoms with Crippen LogP contribution in [-0.4, -0.2) is 59.6 Å². The third kappa shape index (κ3) is 3.76. The molecule has 2 aliphatic rings. The fraction of sp³-hybridized carbons (Fsp3) is 0.474. The van der Waals surface area contributed by atoms with Crippen LogP contribution >= 0.6 is 11.3 Å². The number of hydrogen-bond donors (Lipinski definition) is 0. The molecular formula is C19H23N3O2S. The molecule has 5 nitrogen and oxygen atoms in total. The quantitative estimate of drug-likeness (QED) is 0.846. The van der Waals surface area contributed by atoms with Crippen LogP contribution in [0.4, 0.5) is 0 Å². The number of ether oxygens (including phenoxy) is 1. The van der Waals surface area contributed by atoms with Gasteiger partial charge >= 0.3 is 0 Å². The Labute approximate surface area is 152 Å². The molecule has 0 radical (unpaired) electrons. The average molecular weight is 357 g/mol. The first-order chi connectivity index (χ1) is 12.2. The number of carbonyl (C=O) groups is 1. The third-order valence-corrected chi connectivity index (χ3v) is 5.66. The van der Waals surface area contributed by atoms with Crippen molar-refractivity contribution in [3.63, 3.8) is 0 Å². The van der Waals surface area contributed by atoms with Gasteiger partial charge < -0.3 is 9.64 Å². The number of fused-ring (bicyclic) bond motifs is 1. The molecule has 132 valence electrons. The molecule has 2 saturated heterocycles. The molecule has 3 heterocycles. The Balaban J connectivity index is 1.40. The van der Waals surface area contributed by atoms with E-state index >= 15 is 0 Å². The van der Waals surface area contributed by atoms with Gasteiger partial charge in [-0.2, -0.15) is 0 Å². The maximum absolute atomic E-state index is 12.6. The largest absolute Gasteiger partial charge is 0.375 e. The summed E-state index contributed by atoms with van der Waals surface area (Å²) in [4.78, 5) is 21.1. The molecule has 0 aliphatic carbocycles. The summed E-state index contributed by atoms with van der Waals surface area (Å²) >= 11 is 1.46. The van der Waals surface area contributed by atoms with Crippen molar-refractivity contribution in [1.29, 1.82) is 0 Å². The van der Waals surface area contributed by atoms with E-state index in [0.29, 0.717) is 24.8 Å². The summed E-state index contributed by atoms with van der Waals surface area (Å²) in [5, 5.41) is 1.82. The van der Waals surface area contributed by atoms with Crippen molar-refractivity contribution in [2.24, 2.45) is 5.92 Å². The van der Waals surface area contributed by atoms with Gasteiger partial charge in [-0.25, -0.2) is 4.98 Å². The fourth-order valence-electron chi connectivity index (χ4n) is 3.73. The van der Waals surface area contributed by atoms with E-state index in [0.717, 1.165) is 26.2 Å². The van der Waals surface area contributed by atoms with Crippen LogP contribution in [-0.2, 0) is 11.3 Å². The van der Waals surface area contributed by atoms with Crippen molar-refractivity contribution in [1.82, 2.24) is 14.8 Å². The molecule has 4 rings (SSSR count). The van der Waals surface area contributed by atoms with E-state index in [-0.39, 0.29) is 12.0 Å². The van der Waals surface area contributed by atoms with E-state index in [1.54, 1.807) is 5.51 Å². The zero-order valence-electron chi connectivity index (χ0n) is 14.4. The molecule has 1 aromatic carbocycles. The van der Waals surface area contributed by atoms with E-state index in [4.69, 9.17) is 4.74 Å². The van der Waals surface area contributed by atoms with E-state index in [9.17, 15) is 4.79 Å². The summed E-state index contributed by atoms with van der Waals surface area (Å²) in [6.45, 7) is 6.98. The number of amides is 1. The van der Waals surface area contributed by atoms with Gasteiger partial charge in [-0.1, -0.05) is 29.8 Å². The Hall–Kier alpha value is -1.76. The summed E-state index contributed by atoms with van der Waals surface area (Å²) in [6, 6.07) is 8.72. The number of thiazole rings is 1. The maximum Gasteiger partial charge on any atom is 0.273 e. The first-order valence-corrected chi connectivity index (χ1v) is 9.70. The molecule has 0 spiro atoms. The Bertz CT molecular complexity index is 717. The van der Waals surface area contributed by atoms with Crippen molar-refractivity contribution in [3.05, 3.63) is 52.0 Å². The van der Waals surface area contributed by atoms with Gasteiger partial charge in [0.15, 0.2) is 0 Å². The highest BCUT2D eigenvalue weighted by Crippen LogP contribution is 2.26. The van der Waals surface area contributed by atoms with Crippen molar-refractivity contribution in [2.45, 2.75) is 19.6 Å². The zero-order valence-corrected chi connectivity index (χ0v) is 15.2. The zero-order chi connectivity index (χ0) is 17.2. The highest BCUT2D eigenvalue weighted by molar-refractivity contribution is 7.07. The maximum atomic E-state index is 12.6. The molecular weight excluding hydrogens is 334 g/mol. The molecule has 2 atom stereocenters. The van der Waals surface area contributed by atoms with Gasteiger partial charge in [-0.05, 0) is 12.5 Å². The van der Waals surface area contributed by atoms with Crippen LogP contribution in [0.25, 0.3) is 0 Å². The summed E-state index contributed by atoms with van der Waals surface area (Å²) in [5.41, 5.74) is 4.88. The highest BCUT2D eigenvalue weighted by Gasteiger charge is 2.37. The molecule has 2 aromatic rings. The molecule has 25 heavy (non-hydrogen) atoms. The van der Waals surface area contributed by atoms with E-state index in [1.165, 1.54) is 22.5 Å². The Kier molecular flexibility index (Phi) is 4.83. The SMILES string of the molecule is Cc1ccc(CN2C[C@H]3CN(C(=O)c4cscn4)CCO[C@H]3C2)cc1. The average Bonchev–Trinajstić information content (AvgIpc) is 3.22. The second-order valence-electron chi connectivity index (χ2n) is 6.97. The van der Waals surface area contributed by atoms with E-state index < -0.39 is 0 Å². The Morgan fingerprint density at radius 3 is 2.88 bits per heavy atom. The topological polar surface area (TPSA) is 45.7 Å². The molecule has 1 amide bonds. The Morgan fingerprint density at radius 1 is 1.28 bits per heavy atom. The monoisotopic (exact) mass is 357 g/mol. The Morgan fingerprint density at radius 2 is 2.12 bits per heavy atom. The lowest BCUT2D eigenvalue weighted by Gasteiger charge is -2.23. The number of carbonyl (C=O) groups excluding carboxylic acids is 1. The van der Waals surface area contributed by atoms with Crippen LogP contribution in [0, 0.1) is 12.8 Å². The molecule has 2 aliphatic heterocycles. The number of aromatic nitrogens is 1. The van der Waals surface area contributed by atoms with Crippen LogP contribution in [0.15, 0.2) is 35.2 Å². The molecule has 6 heteroatoms. The molecule has 0 bridgehead atoms. The summed E-state index contributed by atoms with van der Waals surface area (Å²) < 4.78 is 6.06. The first kappa shape index (κ1) is 16.7. The van der Waals surface area contributed by atoms with Gasteiger partial charge in [0.05, 0.1) is 18.2 Å². The number of benzene rings is 1. The van der Waals surface area contributed by atoms with Gasteiger partial charge in [-0.3, -0.25) is 9.69 Å². The number of aryl methyl sites for hydroxylation is 1. The lowest BCUT2D eigenvalue weighted by molar-refractivity contribution is 0.0501. The molecule has 0 N–H and O–H groups in total. The fourth-order valence-corrected chi connectivity index (χ4v) is 4.25. The number of hydrogen-bond acceptors (Lipinski definition) is 5. The number of rotatable bonds is 3. The summed E-state index contributed by atoms with van der Waals surface area (Å²) in [6.07, 6.45) is 0.221. The third-order valence-electron chi connectivity index (χ3n) is 5.07. The smallest absolute Gasteiger partial charge is 0.273 e. The molecule has 0 saturated carbocycles. The van der Waals surface area contributed by atoms with Gasteiger partial charge in [0, 0.05) is 44.0 Å². The van der Waals surface area contributed by atoms with Crippen LogP contribution < -0.4 is 0 Å². The predicted molar refractivity (Wildman–Crippen MR) is 97.7 cm³/mol. The molecule has 2 fully saturated rings. The van der Waals surface area contributed by atoms with E-state index in [2.05, 4.69) is 41.1 Å². The second-order valence-corrected chi connectivity index (χ2v) is 7.69.